The molecule has 1 aliphatic rings. The normalized spacial score (nSPS) is 17.5. The Balaban J connectivity index is 1.80. The summed E-state index contributed by atoms with van der Waals surface area (Å²) in [5.41, 5.74) is 4.60. The third-order valence-electron chi connectivity index (χ3n) is 2.72. The van der Waals surface area contributed by atoms with Crippen LogP contribution in [0, 0.1) is 5.82 Å². The fraction of sp³-hybridized carbons (Fsp3) is 0.364. The number of halogens is 1. The Hall–Kier alpha value is -1.66. The predicted molar refractivity (Wildman–Crippen MR) is 62.1 cm³/mol. The number of anilines is 1. The molecule has 0 saturated carbocycles. The van der Waals surface area contributed by atoms with Gasteiger partial charge in [0.2, 0.25) is 5.95 Å². The molecule has 1 aromatic carbocycles. The summed E-state index contributed by atoms with van der Waals surface area (Å²) >= 11 is 0. The molecule has 0 bridgehead atoms. The van der Waals surface area contributed by atoms with Crippen molar-refractivity contribution in [3.8, 4) is 0 Å². The number of imidazole rings is 1. The van der Waals surface area contributed by atoms with E-state index < -0.39 is 0 Å². The molecule has 1 aliphatic heterocycles. The molecule has 90 valence electrons. The van der Waals surface area contributed by atoms with Crippen molar-refractivity contribution in [3.05, 3.63) is 24.0 Å². The van der Waals surface area contributed by atoms with E-state index in [1.165, 1.54) is 12.1 Å². The summed E-state index contributed by atoms with van der Waals surface area (Å²) in [7, 11) is 0. The number of H-pyrrole nitrogens is 1. The number of benzene rings is 1. The van der Waals surface area contributed by atoms with Crippen molar-refractivity contribution in [3.63, 3.8) is 0 Å². The summed E-state index contributed by atoms with van der Waals surface area (Å²) in [4.78, 5) is 7.37. The van der Waals surface area contributed by atoms with Crippen LogP contribution in [-0.4, -0.2) is 41.3 Å². The summed E-state index contributed by atoms with van der Waals surface area (Å²) in [6, 6.07) is 4.50. The average Bonchev–Trinajstić information content (AvgIpc) is 2.71. The summed E-state index contributed by atoms with van der Waals surface area (Å²) in [6.07, 6.45) is 0. The number of rotatable bonds is 2. The Kier molecular flexibility index (Phi) is 2.66. The van der Waals surface area contributed by atoms with E-state index in [2.05, 4.69) is 15.4 Å². The highest BCUT2D eigenvalue weighted by atomic mass is 19.1. The third kappa shape index (κ3) is 2.22. The summed E-state index contributed by atoms with van der Waals surface area (Å²) in [6.45, 7) is 3.04. The summed E-state index contributed by atoms with van der Waals surface area (Å²) < 4.78 is 18.3. The van der Waals surface area contributed by atoms with Gasteiger partial charge in [0.25, 0.3) is 0 Å². The Bertz CT molecular complexity index is 521. The van der Waals surface area contributed by atoms with Crippen LogP contribution in [0.25, 0.3) is 11.0 Å². The number of nitrogens with zero attached hydrogens (tertiary/aromatic N) is 2. The van der Waals surface area contributed by atoms with Gasteiger partial charge in [0.15, 0.2) is 0 Å². The minimum Gasteiger partial charge on any atom is -0.379 e. The molecule has 1 aromatic heterocycles. The molecule has 17 heavy (non-hydrogen) atoms. The number of nitrogens with one attached hydrogen (secondary N) is 2. The van der Waals surface area contributed by atoms with Gasteiger partial charge in [-0.25, -0.2) is 14.4 Å². The van der Waals surface area contributed by atoms with Crippen molar-refractivity contribution in [2.24, 2.45) is 0 Å². The molecule has 0 aliphatic carbocycles. The lowest BCUT2D eigenvalue weighted by atomic mass is 10.3. The third-order valence-corrected chi connectivity index (χ3v) is 2.72. The fourth-order valence-electron chi connectivity index (χ4n) is 1.86. The highest BCUT2D eigenvalue weighted by Gasteiger charge is 2.11. The highest BCUT2D eigenvalue weighted by molar-refractivity contribution is 5.77. The van der Waals surface area contributed by atoms with Gasteiger partial charge < -0.3 is 9.72 Å². The largest absolute Gasteiger partial charge is 0.379 e. The molecule has 5 nitrogen and oxygen atoms in total. The first-order valence-corrected chi connectivity index (χ1v) is 5.56. The zero-order chi connectivity index (χ0) is 11.7. The number of hydrogen-bond acceptors (Lipinski definition) is 4. The molecule has 2 aromatic rings. The monoisotopic (exact) mass is 236 g/mol. The lowest BCUT2D eigenvalue weighted by Gasteiger charge is -2.26. The van der Waals surface area contributed by atoms with E-state index in [1.54, 1.807) is 6.07 Å². The van der Waals surface area contributed by atoms with Crippen LogP contribution in [-0.2, 0) is 4.74 Å². The first-order chi connectivity index (χ1) is 8.31. The van der Waals surface area contributed by atoms with Gasteiger partial charge in [0.05, 0.1) is 24.2 Å². The Morgan fingerprint density at radius 3 is 3.00 bits per heavy atom. The Morgan fingerprint density at radius 2 is 2.18 bits per heavy atom. The van der Waals surface area contributed by atoms with Crippen LogP contribution in [0.3, 0.4) is 0 Å². The number of hydrazine groups is 1. The van der Waals surface area contributed by atoms with Crippen molar-refractivity contribution < 1.29 is 9.13 Å². The zero-order valence-corrected chi connectivity index (χ0v) is 9.24. The standard InChI is InChI=1S/C11H13FN4O/c12-8-1-2-9-10(7-8)14-11(13-9)15-16-3-5-17-6-4-16/h1-2,7H,3-6H2,(H2,13,14,15). The SMILES string of the molecule is Fc1ccc2nc(NN3CCOCC3)[nH]c2c1. The second-order valence-electron chi connectivity index (χ2n) is 3.96. The van der Waals surface area contributed by atoms with Crippen LogP contribution in [0.2, 0.25) is 0 Å². The van der Waals surface area contributed by atoms with Gasteiger partial charge in [-0.05, 0) is 18.2 Å². The van der Waals surface area contributed by atoms with Crippen LogP contribution in [0.4, 0.5) is 10.3 Å². The van der Waals surface area contributed by atoms with E-state index in [0.29, 0.717) is 24.7 Å². The molecule has 0 spiro atoms. The van der Waals surface area contributed by atoms with Crippen molar-refractivity contribution in [1.82, 2.24) is 15.0 Å². The van der Waals surface area contributed by atoms with Crippen molar-refractivity contribution in [2.75, 3.05) is 31.7 Å². The van der Waals surface area contributed by atoms with Gasteiger partial charge in [0, 0.05) is 13.1 Å². The Labute approximate surface area is 97.6 Å². The average molecular weight is 236 g/mol. The molecular weight excluding hydrogens is 223 g/mol. The van der Waals surface area contributed by atoms with E-state index in [-0.39, 0.29) is 5.82 Å². The van der Waals surface area contributed by atoms with Gasteiger partial charge in [-0.15, -0.1) is 0 Å². The molecule has 2 heterocycles. The van der Waals surface area contributed by atoms with Crippen LogP contribution >= 0.6 is 0 Å². The van der Waals surface area contributed by atoms with Crippen LogP contribution in [0.5, 0.6) is 0 Å². The molecule has 3 rings (SSSR count). The number of aromatic nitrogens is 2. The fourth-order valence-corrected chi connectivity index (χ4v) is 1.86. The molecule has 0 amide bonds. The smallest absolute Gasteiger partial charge is 0.216 e. The molecule has 6 heteroatoms. The van der Waals surface area contributed by atoms with E-state index in [4.69, 9.17) is 4.74 Å². The zero-order valence-electron chi connectivity index (χ0n) is 9.24. The first-order valence-electron chi connectivity index (χ1n) is 5.56. The number of morpholine rings is 1. The van der Waals surface area contributed by atoms with Crippen molar-refractivity contribution >= 4 is 17.0 Å². The first kappa shape index (κ1) is 10.5. The molecule has 0 atom stereocenters. The van der Waals surface area contributed by atoms with Crippen molar-refractivity contribution in [1.29, 1.82) is 0 Å². The second kappa shape index (κ2) is 4.31. The predicted octanol–water partition coefficient (Wildman–Crippen LogP) is 1.36. The molecular formula is C11H13FN4O. The molecule has 0 unspecified atom stereocenters. The number of fused-ring (bicyclic) bond motifs is 1. The number of ether oxygens (including phenoxy) is 1. The lowest BCUT2D eigenvalue weighted by molar-refractivity contribution is 0.0493. The molecule has 1 saturated heterocycles. The van der Waals surface area contributed by atoms with E-state index in [1.807, 2.05) is 5.01 Å². The summed E-state index contributed by atoms with van der Waals surface area (Å²) in [5, 5.41) is 2.03. The highest BCUT2D eigenvalue weighted by Crippen LogP contribution is 2.15. The molecule has 1 fully saturated rings. The molecule has 2 N–H and O–H groups in total. The maximum Gasteiger partial charge on any atom is 0.216 e. The van der Waals surface area contributed by atoms with Gasteiger partial charge in [0.1, 0.15) is 5.82 Å². The topological polar surface area (TPSA) is 53.2 Å². The van der Waals surface area contributed by atoms with Crippen LogP contribution in [0.15, 0.2) is 18.2 Å². The quantitative estimate of drug-likeness (QED) is 0.826. The van der Waals surface area contributed by atoms with E-state index in [9.17, 15) is 4.39 Å². The maximum atomic E-state index is 13.0. The summed E-state index contributed by atoms with van der Waals surface area (Å²) in [5.74, 6) is 0.367. The Morgan fingerprint density at radius 1 is 1.35 bits per heavy atom. The number of hydrogen-bond donors (Lipinski definition) is 2. The van der Waals surface area contributed by atoms with Crippen LogP contribution in [0.1, 0.15) is 0 Å². The van der Waals surface area contributed by atoms with E-state index >= 15 is 0 Å². The minimum atomic E-state index is -0.265. The van der Waals surface area contributed by atoms with E-state index in [0.717, 1.165) is 18.6 Å². The van der Waals surface area contributed by atoms with Gasteiger partial charge in [-0.3, -0.25) is 5.43 Å². The maximum absolute atomic E-state index is 13.0. The van der Waals surface area contributed by atoms with Gasteiger partial charge in [-0.1, -0.05) is 0 Å². The second-order valence-corrected chi connectivity index (χ2v) is 3.96. The molecule has 0 radical (unpaired) electrons. The van der Waals surface area contributed by atoms with Gasteiger partial charge >= 0.3 is 0 Å². The number of aromatic amines is 1. The van der Waals surface area contributed by atoms with Crippen LogP contribution < -0.4 is 5.43 Å². The minimum absolute atomic E-state index is 0.265. The van der Waals surface area contributed by atoms with Crippen molar-refractivity contribution in [2.45, 2.75) is 0 Å². The lowest BCUT2D eigenvalue weighted by Crippen LogP contribution is -2.40. The van der Waals surface area contributed by atoms with Gasteiger partial charge in [-0.2, -0.15) is 0 Å².